The average molecular weight is 213 g/mol. The second-order valence-electron chi connectivity index (χ2n) is 2.32. The largest absolute Gasteiger partial charge is 0.478 e. The first-order valence-corrected chi connectivity index (χ1v) is 4.28. The number of nitrogens with one attached hydrogen (secondary N) is 1. The SMILES string of the molecule is O=C(O)c1cccc(NC(=S)S)c1. The highest BCUT2D eigenvalue weighted by atomic mass is 32.1. The predicted octanol–water partition coefficient (Wildman–Crippen LogP) is 2.01. The maximum atomic E-state index is 10.6. The molecule has 0 amide bonds. The van der Waals surface area contributed by atoms with Crippen molar-refractivity contribution < 1.29 is 9.90 Å². The average Bonchev–Trinajstić information content (AvgIpc) is 2.03. The normalized spacial score (nSPS) is 9.31. The van der Waals surface area contributed by atoms with E-state index in [1.807, 2.05) is 0 Å². The summed E-state index contributed by atoms with van der Waals surface area (Å²) in [7, 11) is 0. The van der Waals surface area contributed by atoms with Crippen LogP contribution in [-0.4, -0.2) is 15.4 Å². The number of carboxylic acid groups (broad SMARTS) is 1. The summed E-state index contributed by atoms with van der Waals surface area (Å²) in [4.78, 5) is 10.6. The van der Waals surface area contributed by atoms with Crippen molar-refractivity contribution in [2.24, 2.45) is 0 Å². The van der Waals surface area contributed by atoms with Crippen molar-refractivity contribution in [3.05, 3.63) is 29.8 Å². The molecule has 0 heterocycles. The van der Waals surface area contributed by atoms with Gasteiger partial charge in [-0.3, -0.25) is 0 Å². The van der Waals surface area contributed by atoms with E-state index in [2.05, 4.69) is 17.9 Å². The number of hydrogen-bond acceptors (Lipinski definition) is 2. The lowest BCUT2D eigenvalue weighted by Gasteiger charge is -2.03. The van der Waals surface area contributed by atoms with Crippen molar-refractivity contribution in [3.63, 3.8) is 0 Å². The summed E-state index contributed by atoms with van der Waals surface area (Å²) >= 11 is 8.56. The summed E-state index contributed by atoms with van der Waals surface area (Å²) < 4.78 is 0.308. The molecular formula is C8H7NO2S2. The van der Waals surface area contributed by atoms with Gasteiger partial charge in [0.15, 0.2) is 0 Å². The molecule has 0 aliphatic heterocycles. The first-order valence-electron chi connectivity index (χ1n) is 3.43. The molecule has 5 heteroatoms. The van der Waals surface area contributed by atoms with E-state index >= 15 is 0 Å². The lowest BCUT2D eigenvalue weighted by molar-refractivity contribution is 0.0697. The van der Waals surface area contributed by atoms with Crippen LogP contribution < -0.4 is 5.32 Å². The fraction of sp³-hybridized carbons (Fsp3) is 0. The van der Waals surface area contributed by atoms with Gasteiger partial charge in [0.25, 0.3) is 0 Å². The fourth-order valence-corrected chi connectivity index (χ4v) is 1.10. The molecule has 0 bridgehead atoms. The van der Waals surface area contributed by atoms with E-state index < -0.39 is 5.97 Å². The Kier molecular flexibility index (Phi) is 3.27. The van der Waals surface area contributed by atoms with Gasteiger partial charge in [-0.1, -0.05) is 18.3 Å². The zero-order valence-corrected chi connectivity index (χ0v) is 8.23. The molecule has 1 aromatic rings. The second-order valence-corrected chi connectivity index (χ2v) is 3.47. The van der Waals surface area contributed by atoms with E-state index in [4.69, 9.17) is 17.3 Å². The fourth-order valence-electron chi connectivity index (χ4n) is 0.853. The Labute approximate surface area is 86.2 Å². The molecule has 1 rings (SSSR count). The van der Waals surface area contributed by atoms with Gasteiger partial charge in [0.1, 0.15) is 4.32 Å². The molecule has 0 atom stereocenters. The minimum Gasteiger partial charge on any atom is -0.478 e. The zero-order chi connectivity index (χ0) is 9.84. The van der Waals surface area contributed by atoms with Gasteiger partial charge >= 0.3 is 5.97 Å². The van der Waals surface area contributed by atoms with Crippen LogP contribution in [0.2, 0.25) is 0 Å². The number of carbonyl (C=O) groups is 1. The molecular weight excluding hydrogens is 206 g/mol. The molecule has 3 nitrogen and oxygen atoms in total. The molecule has 0 spiro atoms. The van der Waals surface area contributed by atoms with Crippen LogP contribution in [0.25, 0.3) is 0 Å². The highest BCUT2D eigenvalue weighted by molar-refractivity contribution is 8.11. The molecule has 0 fully saturated rings. The number of benzene rings is 1. The first kappa shape index (κ1) is 10.0. The maximum Gasteiger partial charge on any atom is 0.335 e. The molecule has 2 N–H and O–H groups in total. The van der Waals surface area contributed by atoms with Gasteiger partial charge in [0, 0.05) is 5.69 Å². The van der Waals surface area contributed by atoms with Crippen LogP contribution in [0.4, 0.5) is 5.69 Å². The Morgan fingerprint density at radius 1 is 1.54 bits per heavy atom. The summed E-state index contributed by atoms with van der Waals surface area (Å²) in [6.07, 6.45) is 0. The van der Waals surface area contributed by atoms with Crippen LogP contribution in [0.1, 0.15) is 10.4 Å². The molecule has 0 saturated carbocycles. The number of thiocarbonyl (C=S) groups is 1. The van der Waals surface area contributed by atoms with Gasteiger partial charge < -0.3 is 10.4 Å². The Morgan fingerprint density at radius 3 is 2.77 bits per heavy atom. The summed E-state index contributed by atoms with van der Waals surface area (Å²) in [5.74, 6) is -0.964. The van der Waals surface area contributed by atoms with Crippen molar-refractivity contribution in [3.8, 4) is 0 Å². The summed E-state index contributed by atoms with van der Waals surface area (Å²) in [5, 5.41) is 11.4. The summed E-state index contributed by atoms with van der Waals surface area (Å²) in [5.41, 5.74) is 0.842. The van der Waals surface area contributed by atoms with E-state index in [9.17, 15) is 4.79 Å². The smallest absolute Gasteiger partial charge is 0.335 e. The number of carboxylic acids is 1. The van der Waals surface area contributed by atoms with E-state index in [0.29, 0.717) is 10.0 Å². The molecule has 0 saturated heterocycles. The molecule has 1 aromatic carbocycles. The first-order chi connectivity index (χ1) is 6.09. The van der Waals surface area contributed by atoms with E-state index in [1.165, 1.54) is 12.1 Å². The molecule has 13 heavy (non-hydrogen) atoms. The molecule has 68 valence electrons. The monoisotopic (exact) mass is 213 g/mol. The van der Waals surface area contributed by atoms with Gasteiger partial charge in [-0.05, 0) is 18.2 Å². The number of thiol groups is 1. The minimum atomic E-state index is -0.964. The topological polar surface area (TPSA) is 49.3 Å². The Morgan fingerprint density at radius 2 is 2.23 bits per heavy atom. The zero-order valence-electron chi connectivity index (χ0n) is 6.52. The molecule has 0 aliphatic rings. The van der Waals surface area contributed by atoms with Gasteiger partial charge in [0.05, 0.1) is 5.56 Å². The number of anilines is 1. The van der Waals surface area contributed by atoms with Crippen molar-refractivity contribution >= 4 is 40.8 Å². The summed E-state index contributed by atoms with van der Waals surface area (Å²) in [6.45, 7) is 0. The lowest BCUT2D eigenvalue weighted by Crippen LogP contribution is -2.02. The number of aromatic carboxylic acids is 1. The van der Waals surface area contributed by atoms with Crippen LogP contribution >= 0.6 is 24.8 Å². The van der Waals surface area contributed by atoms with Crippen molar-refractivity contribution in [2.45, 2.75) is 0 Å². The van der Waals surface area contributed by atoms with Crippen LogP contribution in [0.3, 0.4) is 0 Å². The van der Waals surface area contributed by atoms with E-state index in [0.717, 1.165) is 0 Å². The summed E-state index contributed by atoms with van der Waals surface area (Å²) in [6, 6.07) is 6.35. The second kappa shape index (κ2) is 4.25. The van der Waals surface area contributed by atoms with Crippen LogP contribution in [0.15, 0.2) is 24.3 Å². The maximum absolute atomic E-state index is 10.6. The lowest BCUT2D eigenvalue weighted by atomic mass is 10.2. The molecule has 0 unspecified atom stereocenters. The van der Waals surface area contributed by atoms with Crippen molar-refractivity contribution in [1.82, 2.24) is 0 Å². The van der Waals surface area contributed by atoms with Gasteiger partial charge in [0.2, 0.25) is 0 Å². The van der Waals surface area contributed by atoms with E-state index in [-0.39, 0.29) is 5.56 Å². The van der Waals surface area contributed by atoms with Crippen LogP contribution in [-0.2, 0) is 0 Å². The Bertz CT molecular complexity index is 352. The standard InChI is InChI=1S/C8H7NO2S2/c10-7(11)5-2-1-3-6(4-5)9-8(12)13/h1-4H,(H,10,11)(H2,9,12,13). The minimum absolute atomic E-state index is 0.217. The third-order valence-corrected chi connectivity index (χ3v) is 1.57. The highest BCUT2D eigenvalue weighted by Gasteiger charge is 2.02. The van der Waals surface area contributed by atoms with Crippen LogP contribution in [0, 0.1) is 0 Å². The molecule has 0 aliphatic carbocycles. The van der Waals surface area contributed by atoms with Crippen LogP contribution in [0.5, 0.6) is 0 Å². The number of hydrogen-bond donors (Lipinski definition) is 3. The van der Waals surface area contributed by atoms with E-state index in [1.54, 1.807) is 12.1 Å². The van der Waals surface area contributed by atoms with Gasteiger partial charge in [-0.2, -0.15) is 0 Å². The van der Waals surface area contributed by atoms with Gasteiger partial charge in [-0.15, -0.1) is 12.6 Å². The Balaban J connectivity index is 2.91. The Hall–Kier alpha value is -1.07. The third kappa shape index (κ3) is 3.04. The van der Waals surface area contributed by atoms with Gasteiger partial charge in [-0.25, -0.2) is 4.79 Å². The predicted molar refractivity (Wildman–Crippen MR) is 58.6 cm³/mol. The quantitative estimate of drug-likeness (QED) is 0.519. The van der Waals surface area contributed by atoms with Crippen molar-refractivity contribution in [1.29, 1.82) is 0 Å². The highest BCUT2D eigenvalue weighted by Crippen LogP contribution is 2.11. The van der Waals surface area contributed by atoms with Crippen molar-refractivity contribution in [2.75, 3.05) is 5.32 Å². The number of rotatable bonds is 2. The molecule has 0 aromatic heterocycles. The third-order valence-electron chi connectivity index (χ3n) is 1.36. The molecule has 0 radical (unpaired) electrons.